The van der Waals surface area contributed by atoms with E-state index >= 15 is 0 Å². The molecule has 1 fully saturated rings. The molecule has 18 heavy (non-hydrogen) atoms. The number of rotatable bonds is 3. The quantitative estimate of drug-likeness (QED) is 0.803. The van der Waals surface area contributed by atoms with Crippen LogP contribution in [-0.4, -0.2) is 5.91 Å². The normalized spacial score (nSPS) is 15.9. The Morgan fingerprint density at radius 2 is 2.00 bits per heavy atom. The minimum atomic E-state index is 0.124. The van der Waals surface area contributed by atoms with Crippen LogP contribution in [0, 0.1) is 19.8 Å². The first-order chi connectivity index (χ1) is 8.58. The first-order valence-corrected chi connectivity index (χ1v) is 6.73. The summed E-state index contributed by atoms with van der Waals surface area (Å²) in [6, 6.07) is 3.84. The number of hydrogen-bond acceptors (Lipinski definition) is 2. The third-order valence-corrected chi connectivity index (χ3v) is 3.93. The van der Waals surface area contributed by atoms with E-state index in [9.17, 15) is 4.79 Å². The minimum absolute atomic E-state index is 0.124. The summed E-state index contributed by atoms with van der Waals surface area (Å²) >= 11 is 0. The molecule has 0 bridgehead atoms. The molecule has 1 aliphatic carbocycles. The van der Waals surface area contributed by atoms with Gasteiger partial charge in [-0.25, -0.2) is 0 Å². The summed E-state index contributed by atoms with van der Waals surface area (Å²) in [4.78, 5) is 12.0. The van der Waals surface area contributed by atoms with Crippen molar-refractivity contribution in [2.45, 2.75) is 46.0 Å². The number of hydrogen-bond donors (Lipinski definition) is 2. The number of benzene rings is 1. The smallest absolute Gasteiger partial charge is 0.224 e. The lowest BCUT2D eigenvalue weighted by Gasteiger charge is -2.15. The van der Waals surface area contributed by atoms with Gasteiger partial charge in [-0.15, -0.1) is 0 Å². The summed E-state index contributed by atoms with van der Waals surface area (Å²) in [5.74, 6) is 0.699. The maximum absolute atomic E-state index is 12.0. The predicted molar refractivity (Wildman–Crippen MR) is 75.5 cm³/mol. The predicted octanol–water partition coefficient (Wildman–Crippen LogP) is 3.40. The molecule has 3 nitrogen and oxygen atoms in total. The molecule has 0 heterocycles. The summed E-state index contributed by atoms with van der Waals surface area (Å²) in [6.07, 6.45) is 5.58. The number of nitrogen functional groups attached to an aromatic ring is 1. The van der Waals surface area contributed by atoms with E-state index in [0.717, 1.165) is 22.5 Å². The maximum Gasteiger partial charge on any atom is 0.224 e. The molecule has 0 atom stereocenters. The molecule has 0 aliphatic heterocycles. The lowest BCUT2D eigenvalue weighted by molar-refractivity contribution is -0.117. The SMILES string of the molecule is Cc1ccc(N)c(C)c1NC(=O)CC1CCCC1. The average Bonchev–Trinajstić information content (AvgIpc) is 2.82. The molecular weight excluding hydrogens is 224 g/mol. The molecule has 1 aliphatic rings. The molecule has 0 spiro atoms. The van der Waals surface area contributed by atoms with Crippen LogP contribution in [0.2, 0.25) is 0 Å². The van der Waals surface area contributed by atoms with Crippen molar-refractivity contribution in [2.75, 3.05) is 11.1 Å². The highest BCUT2D eigenvalue weighted by molar-refractivity contribution is 5.93. The second kappa shape index (κ2) is 5.42. The van der Waals surface area contributed by atoms with Gasteiger partial charge in [0.15, 0.2) is 0 Å². The fraction of sp³-hybridized carbons (Fsp3) is 0.533. The van der Waals surface area contributed by atoms with Gasteiger partial charge >= 0.3 is 0 Å². The zero-order chi connectivity index (χ0) is 13.1. The topological polar surface area (TPSA) is 55.1 Å². The molecule has 0 radical (unpaired) electrons. The Balaban J connectivity index is 2.04. The van der Waals surface area contributed by atoms with Gasteiger partial charge in [0.2, 0.25) is 5.91 Å². The monoisotopic (exact) mass is 246 g/mol. The molecule has 1 saturated carbocycles. The van der Waals surface area contributed by atoms with Crippen LogP contribution in [0.1, 0.15) is 43.2 Å². The van der Waals surface area contributed by atoms with Gasteiger partial charge in [0, 0.05) is 17.8 Å². The molecule has 1 aromatic carbocycles. The number of carbonyl (C=O) groups is 1. The van der Waals surface area contributed by atoms with E-state index in [1.165, 1.54) is 25.7 Å². The second-order valence-electron chi connectivity index (χ2n) is 5.37. The maximum atomic E-state index is 12.0. The van der Waals surface area contributed by atoms with E-state index in [0.29, 0.717) is 12.3 Å². The van der Waals surface area contributed by atoms with Crippen LogP contribution in [0.3, 0.4) is 0 Å². The zero-order valence-electron chi connectivity index (χ0n) is 11.3. The fourth-order valence-electron chi connectivity index (χ4n) is 2.72. The van der Waals surface area contributed by atoms with Gasteiger partial charge in [0.25, 0.3) is 0 Å². The molecule has 98 valence electrons. The van der Waals surface area contributed by atoms with Gasteiger partial charge in [-0.2, -0.15) is 0 Å². The summed E-state index contributed by atoms with van der Waals surface area (Å²) in [5.41, 5.74) is 9.54. The Morgan fingerprint density at radius 3 is 2.67 bits per heavy atom. The Hall–Kier alpha value is -1.51. The summed E-state index contributed by atoms with van der Waals surface area (Å²) < 4.78 is 0. The first kappa shape index (κ1) is 12.9. The fourth-order valence-corrected chi connectivity index (χ4v) is 2.72. The highest BCUT2D eigenvalue weighted by atomic mass is 16.1. The molecule has 0 saturated heterocycles. The molecular formula is C15H22N2O. The van der Waals surface area contributed by atoms with Crippen molar-refractivity contribution in [1.82, 2.24) is 0 Å². The van der Waals surface area contributed by atoms with E-state index in [2.05, 4.69) is 5.32 Å². The van der Waals surface area contributed by atoms with Crippen LogP contribution in [0.5, 0.6) is 0 Å². The van der Waals surface area contributed by atoms with Crippen molar-refractivity contribution in [3.05, 3.63) is 23.3 Å². The average molecular weight is 246 g/mol. The van der Waals surface area contributed by atoms with Crippen molar-refractivity contribution in [1.29, 1.82) is 0 Å². The van der Waals surface area contributed by atoms with E-state index in [4.69, 9.17) is 5.73 Å². The molecule has 3 N–H and O–H groups in total. The van der Waals surface area contributed by atoms with E-state index in [-0.39, 0.29) is 5.91 Å². The van der Waals surface area contributed by atoms with Crippen molar-refractivity contribution >= 4 is 17.3 Å². The standard InChI is InChI=1S/C15H22N2O/c1-10-7-8-13(16)11(2)15(10)17-14(18)9-12-5-3-4-6-12/h7-8,12H,3-6,9,16H2,1-2H3,(H,17,18). The van der Waals surface area contributed by atoms with Crippen LogP contribution in [0.15, 0.2) is 12.1 Å². The summed E-state index contributed by atoms with van der Waals surface area (Å²) in [7, 11) is 0. The molecule has 1 amide bonds. The third kappa shape index (κ3) is 2.84. The highest BCUT2D eigenvalue weighted by Gasteiger charge is 2.19. The molecule has 2 rings (SSSR count). The number of nitrogens with two attached hydrogens (primary N) is 1. The van der Waals surface area contributed by atoms with Crippen LogP contribution in [0.4, 0.5) is 11.4 Å². The van der Waals surface area contributed by atoms with Gasteiger partial charge in [-0.05, 0) is 49.8 Å². The lowest BCUT2D eigenvalue weighted by atomic mass is 10.0. The van der Waals surface area contributed by atoms with Crippen LogP contribution in [-0.2, 0) is 4.79 Å². The Labute approximate surface area is 109 Å². The Bertz CT molecular complexity index is 448. The Kier molecular flexibility index (Phi) is 3.90. The van der Waals surface area contributed by atoms with Gasteiger partial charge in [0.05, 0.1) is 0 Å². The summed E-state index contributed by atoms with van der Waals surface area (Å²) in [5, 5.41) is 3.03. The van der Waals surface area contributed by atoms with E-state index < -0.39 is 0 Å². The van der Waals surface area contributed by atoms with Crippen LogP contribution >= 0.6 is 0 Å². The number of nitrogens with one attached hydrogen (secondary N) is 1. The van der Waals surface area contributed by atoms with E-state index in [1.54, 1.807) is 0 Å². The van der Waals surface area contributed by atoms with Crippen molar-refractivity contribution in [2.24, 2.45) is 5.92 Å². The highest BCUT2D eigenvalue weighted by Crippen LogP contribution is 2.29. The van der Waals surface area contributed by atoms with Gasteiger partial charge in [-0.1, -0.05) is 18.9 Å². The van der Waals surface area contributed by atoms with Crippen molar-refractivity contribution < 1.29 is 4.79 Å². The first-order valence-electron chi connectivity index (χ1n) is 6.73. The van der Waals surface area contributed by atoms with Crippen molar-refractivity contribution in [3.8, 4) is 0 Å². The van der Waals surface area contributed by atoms with Crippen LogP contribution in [0.25, 0.3) is 0 Å². The lowest BCUT2D eigenvalue weighted by Crippen LogP contribution is -2.17. The molecule has 0 aromatic heterocycles. The molecule has 3 heteroatoms. The Morgan fingerprint density at radius 1 is 1.33 bits per heavy atom. The van der Waals surface area contributed by atoms with Crippen molar-refractivity contribution in [3.63, 3.8) is 0 Å². The van der Waals surface area contributed by atoms with Gasteiger partial charge in [0.1, 0.15) is 0 Å². The summed E-state index contributed by atoms with van der Waals surface area (Å²) in [6.45, 7) is 3.95. The number of carbonyl (C=O) groups excluding carboxylic acids is 1. The third-order valence-electron chi connectivity index (χ3n) is 3.93. The molecule has 0 unspecified atom stereocenters. The van der Waals surface area contributed by atoms with E-state index in [1.807, 2.05) is 26.0 Å². The van der Waals surface area contributed by atoms with Gasteiger partial charge < -0.3 is 11.1 Å². The largest absolute Gasteiger partial charge is 0.398 e. The number of amides is 1. The van der Waals surface area contributed by atoms with Gasteiger partial charge in [-0.3, -0.25) is 4.79 Å². The minimum Gasteiger partial charge on any atom is -0.398 e. The second-order valence-corrected chi connectivity index (χ2v) is 5.37. The number of aryl methyl sites for hydroxylation is 1. The number of anilines is 2. The zero-order valence-corrected chi connectivity index (χ0v) is 11.3. The molecule has 1 aromatic rings. The van der Waals surface area contributed by atoms with Crippen LogP contribution < -0.4 is 11.1 Å².